The number of carboxylic acids is 1. The van der Waals surface area contributed by atoms with E-state index >= 15 is 0 Å². The molecule has 3 rings (SSSR count). The number of benzene rings is 3. The molecule has 0 amide bonds. The van der Waals surface area contributed by atoms with Gasteiger partial charge in [-0.1, -0.05) is 54.2 Å². The van der Waals surface area contributed by atoms with Crippen LogP contribution in [0.4, 0.5) is 0 Å². The average Bonchev–Trinajstić information content (AvgIpc) is 2.61. The molecule has 3 aromatic carbocycles. The topological polar surface area (TPSA) is 61.1 Å². The van der Waals surface area contributed by atoms with Crippen LogP contribution in [0.25, 0.3) is 21.9 Å². The smallest absolute Gasteiger partial charge is 0.328 e. The molecule has 0 atom stereocenters. The first-order valence-electron chi connectivity index (χ1n) is 7.27. The first kappa shape index (κ1) is 15.9. The van der Waals surface area contributed by atoms with Crippen LogP contribution in [-0.2, 0) is 4.79 Å². The van der Waals surface area contributed by atoms with Gasteiger partial charge < -0.3 is 5.11 Å². The van der Waals surface area contributed by atoms with E-state index in [1.807, 2.05) is 48.5 Å². The Morgan fingerprint density at radius 3 is 2.50 bits per heavy atom. The fraction of sp³-hybridized carbons (Fsp3) is 0. The van der Waals surface area contributed by atoms with Gasteiger partial charge in [0.05, 0.1) is 11.6 Å². The quantitative estimate of drug-likeness (QED) is 0.535. The minimum absolute atomic E-state index is 0.610. The van der Waals surface area contributed by atoms with Crippen LogP contribution in [0.3, 0.4) is 0 Å². The van der Waals surface area contributed by atoms with Crippen molar-refractivity contribution in [3.8, 4) is 17.2 Å². The van der Waals surface area contributed by atoms with Crippen LogP contribution in [0, 0.1) is 11.3 Å². The minimum Gasteiger partial charge on any atom is -0.478 e. The summed E-state index contributed by atoms with van der Waals surface area (Å²) < 4.78 is 0. The summed E-state index contributed by atoms with van der Waals surface area (Å²) in [4.78, 5) is 11.7. The lowest BCUT2D eigenvalue weighted by Crippen LogP contribution is -1.87. The van der Waals surface area contributed by atoms with Gasteiger partial charge in [0.15, 0.2) is 0 Å². The largest absolute Gasteiger partial charge is 0.478 e. The van der Waals surface area contributed by atoms with E-state index in [0.717, 1.165) is 32.9 Å². The third-order valence-corrected chi connectivity index (χ3v) is 4.47. The Morgan fingerprint density at radius 1 is 1.04 bits per heavy atom. The Kier molecular flexibility index (Phi) is 4.64. The molecule has 3 aromatic rings. The molecule has 4 heteroatoms. The number of carboxylic acid groups (broad SMARTS) is 1. The molecule has 24 heavy (non-hydrogen) atoms. The number of hydrogen-bond donors (Lipinski definition) is 1. The van der Waals surface area contributed by atoms with E-state index < -0.39 is 5.97 Å². The van der Waals surface area contributed by atoms with Crippen molar-refractivity contribution in [3.05, 3.63) is 77.7 Å². The van der Waals surface area contributed by atoms with Gasteiger partial charge in [-0.15, -0.1) is 0 Å². The molecule has 0 saturated heterocycles. The summed E-state index contributed by atoms with van der Waals surface area (Å²) in [6, 6.07) is 21.6. The van der Waals surface area contributed by atoms with Crippen molar-refractivity contribution < 1.29 is 9.90 Å². The zero-order chi connectivity index (χ0) is 16.9. The van der Waals surface area contributed by atoms with E-state index in [1.54, 1.807) is 17.5 Å². The first-order valence-corrected chi connectivity index (χ1v) is 8.15. The molecule has 0 fully saturated rings. The predicted molar refractivity (Wildman–Crippen MR) is 96.7 cm³/mol. The molecular weight excluding hydrogens is 318 g/mol. The lowest BCUT2D eigenvalue weighted by molar-refractivity contribution is -0.131. The van der Waals surface area contributed by atoms with Crippen LogP contribution in [0.2, 0.25) is 0 Å². The van der Waals surface area contributed by atoms with Crippen molar-refractivity contribution in [2.45, 2.75) is 4.90 Å². The SMILES string of the molecule is N#Cc1ccc(-c2c(S/C=C/C(=O)O)ccc3ccccc23)cc1. The fourth-order valence-corrected chi connectivity index (χ4v) is 3.35. The number of nitriles is 1. The number of thioether (sulfide) groups is 1. The molecular formula is C20H13NO2S. The Balaban J connectivity index is 2.16. The predicted octanol–water partition coefficient (Wildman–Crippen LogP) is 5.07. The standard InChI is InChI=1S/C20H13NO2S/c21-13-14-5-7-16(8-6-14)20-17-4-2-1-3-15(17)9-10-18(20)24-12-11-19(22)23/h1-12H,(H,22,23)/b12-11+. The second-order valence-electron chi connectivity index (χ2n) is 5.11. The van der Waals surface area contributed by atoms with Crippen LogP contribution in [0.5, 0.6) is 0 Å². The first-order chi connectivity index (χ1) is 11.7. The van der Waals surface area contributed by atoms with E-state index in [-0.39, 0.29) is 0 Å². The van der Waals surface area contributed by atoms with Gasteiger partial charge in [0.2, 0.25) is 0 Å². The van der Waals surface area contributed by atoms with Crippen molar-refractivity contribution >= 4 is 28.5 Å². The molecule has 0 aliphatic rings. The number of hydrogen-bond acceptors (Lipinski definition) is 3. The third-order valence-electron chi connectivity index (χ3n) is 3.60. The van der Waals surface area contributed by atoms with Gasteiger partial charge in [0, 0.05) is 16.5 Å². The van der Waals surface area contributed by atoms with Crippen LogP contribution in [0.15, 0.2) is 77.0 Å². The van der Waals surface area contributed by atoms with E-state index in [0.29, 0.717) is 5.56 Å². The third kappa shape index (κ3) is 3.32. The second kappa shape index (κ2) is 7.03. The van der Waals surface area contributed by atoms with Crippen LogP contribution < -0.4 is 0 Å². The average molecular weight is 331 g/mol. The highest BCUT2D eigenvalue weighted by atomic mass is 32.2. The van der Waals surface area contributed by atoms with Crippen LogP contribution in [-0.4, -0.2) is 11.1 Å². The molecule has 116 valence electrons. The summed E-state index contributed by atoms with van der Waals surface area (Å²) in [7, 11) is 0. The summed E-state index contributed by atoms with van der Waals surface area (Å²) >= 11 is 1.37. The van der Waals surface area contributed by atoms with Crippen molar-refractivity contribution in [1.82, 2.24) is 0 Å². The highest BCUT2D eigenvalue weighted by Crippen LogP contribution is 2.38. The maximum absolute atomic E-state index is 10.7. The maximum atomic E-state index is 10.7. The van der Waals surface area contributed by atoms with Gasteiger partial charge in [-0.05, 0) is 39.9 Å². The summed E-state index contributed by atoms with van der Waals surface area (Å²) in [6.07, 6.45) is 1.13. The van der Waals surface area contributed by atoms with Gasteiger partial charge >= 0.3 is 5.97 Å². The molecule has 0 spiro atoms. The second-order valence-corrected chi connectivity index (χ2v) is 6.06. The Morgan fingerprint density at radius 2 is 1.79 bits per heavy atom. The van der Waals surface area contributed by atoms with E-state index in [9.17, 15) is 4.79 Å². The lowest BCUT2D eigenvalue weighted by Gasteiger charge is -2.12. The van der Waals surface area contributed by atoms with Crippen LogP contribution in [0.1, 0.15) is 5.56 Å². The fourth-order valence-electron chi connectivity index (χ4n) is 2.52. The van der Waals surface area contributed by atoms with Gasteiger partial charge in [0.1, 0.15) is 0 Å². The van der Waals surface area contributed by atoms with Crippen molar-refractivity contribution in [2.24, 2.45) is 0 Å². The van der Waals surface area contributed by atoms with Crippen molar-refractivity contribution in [1.29, 1.82) is 5.26 Å². The van der Waals surface area contributed by atoms with Gasteiger partial charge in [-0.2, -0.15) is 5.26 Å². The Bertz CT molecular complexity index is 969. The van der Waals surface area contributed by atoms with Gasteiger partial charge in [0.25, 0.3) is 0 Å². The molecule has 3 nitrogen and oxygen atoms in total. The van der Waals surface area contributed by atoms with Gasteiger partial charge in [-0.3, -0.25) is 0 Å². The van der Waals surface area contributed by atoms with E-state index in [2.05, 4.69) is 6.07 Å². The highest BCUT2D eigenvalue weighted by molar-refractivity contribution is 8.02. The van der Waals surface area contributed by atoms with Crippen LogP contribution >= 0.6 is 11.8 Å². The molecule has 0 aromatic heterocycles. The van der Waals surface area contributed by atoms with Crippen molar-refractivity contribution in [2.75, 3.05) is 0 Å². The number of nitrogens with zero attached hydrogens (tertiary/aromatic N) is 1. The number of carbonyl (C=O) groups is 1. The molecule has 0 aliphatic heterocycles. The molecule has 0 aliphatic carbocycles. The molecule has 1 N–H and O–H groups in total. The number of aliphatic carboxylic acids is 1. The normalized spacial score (nSPS) is 10.8. The zero-order valence-corrected chi connectivity index (χ0v) is 13.5. The minimum atomic E-state index is -0.969. The monoisotopic (exact) mass is 331 g/mol. The van der Waals surface area contributed by atoms with Crippen molar-refractivity contribution in [3.63, 3.8) is 0 Å². The van der Waals surface area contributed by atoms with E-state index in [4.69, 9.17) is 10.4 Å². The summed E-state index contributed by atoms with van der Waals surface area (Å²) in [5.74, 6) is -0.969. The van der Waals surface area contributed by atoms with Gasteiger partial charge in [-0.25, -0.2) is 4.79 Å². The Labute approximate surface area is 143 Å². The molecule has 0 bridgehead atoms. The van der Waals surface area contributed by atoms with E-state index in [1.165, 1.54) is 11.8 Å². The maximum Gasteiger partial charge on any atom is 0.328 e. The summed E-state index contributed by atoms with van der Waals surface area (Å²) in [5.41, 5.74) is 2.65. The molecule has 0 unspecified atom stereocenters. The summed E-state index contributed by atoms with van der Waals surface area (Å²) in [5, 5.41) is 21.5. The zero-order valence-electron chi connectivity index (χ0n) is 12.6. The lowest BCUT2D eigenvalue weighted by atomic mass is 9.97. The Hall–Kier alpha value is -3.03. The molecule has 0 radical (unpaired) electrons. The number of rotatable bonds is 4. The number of fused-ring (bicyclic) bond motifs is 1. The summed E-state index contributed by atoms with van der Waals surface area (Å²) in [6.45, 7) is 0. The molecule has 0 saturated carbocycles. The molecule has 0 heterocycles. The highest BCUT2D eigenvalue weighted by Gasteiger charge is 2.10.